The number of hydrogen-bond donors (Lipinski definition) is 0. The molecule has 0 fully saturated rings. The molecule has 0 amide bonds. The number of pyridine rings is 4. The van der Waals surface area contributed by atoms with Crippen molar-refractivity contribution >= 4 is 11.6 Å². The molecule has 0 aromatic carbocycles. The van der Waals surface area contributed by atoms with Crippen LogP contribution in [0.2, 0.25) is 0 Å². The Balaban J connectivity index is 2.01. The minimum Gasteiger partial charge on any atom is -0.294 e. The fraction of sp³-hybridized carbons (Fsp3) is 0.0909. The molecule has 0 aliphatic heterocycles. The Morgan fingerprint density at radius 3 is 1.30 bits per heavy atom. The van der Waals surface area contributed by atoms with Gasteiger partial charge in [0.15, 0.2) is 0 Å². The van der Waals surface area contributed by atoms with Crippen LogP contribution < -0.4 is 4.90 Å². The van der Waals surface area contributed by atoms with Gasteiger partial charge < -0.3 is 0 Å². The number of nitrogens with zero attached hydrogens (tertiary/aromatic N) is 5. The van der Waals surface area contributed by atoms with Crippen LogP contribution in [-0.2, 0) is 5.54 Å². The van der Waals surface area contributed by atoms with Crippen LogP contribution >= 0.6 is 0 Å². The van der Waals surface area contributed by atoms with Gasteiger partial charge in [-0.25, -0.2) is 9.97 Å². The zero-order valence-corrected chi connectivity index (χ0v) is 15.0. The predicted molar refractivity (Wildman–Crippen MR) is 106 cm³/mol. The standard InChI is InChI=1S/C22H19N5/c1-22(18-10-2-6-14-23-18,19-11-3-7-15-24-19)27(20-12-4-8-16-25-20)21-13-5-9-17-26-21/h2-17H,1H3. The summed E-state index contributed by atoms with van der Waals surface area (Å²) in [5, 5.41) is 0. The molecule has 0 spiro atoms. The van der Waals surface area contributed by atoms with Crippen LogP contribution in [0.3, 0.4) is 0 Å². The second-order valence-electron chi connectivity index (χ2n) is 6.21. The maximum Gasteiger partial charge on any atom is 0.135 e. The molecule has 5 nitrogen and oxygen atoms in total. The van der Waals surface area contributed by atoms with E-state index in [9.17, 15) is 0 Å². The quantitative estimate of drug-likeness (QED) is 0.533. The highest BCUT2D eigenvalue weighted by Crippen LogP contribution is 2.40. The molecule has 0 aliphatic carbocycles. The molecule has 27 heavy (non-hydrogen) atoms. The molecule has 0 saturated heterocycles. The van der Waals surface area contributed by atoms with Crippen LogP contribution in [0.1, 0.15) is 18.3 Å². The summed E-state index contributed by atoms with van der Waals surface area (Å²) in [7, 11) is 0. The first-order chi connectivity index (χ1) is 13.3. The monoisotopic (exact) mass is 353 g/mol. The maximum absolute atomic E-state index is 4.66. The molecule has 4 aromatic heterocycles. The van der Waals surface area contributed by atoms with Crippen molar-refractivity contribution in [2.75, 3.05) is 4.90 Å². The number of hydrogen-bond acceptors (Lipinski definition) is 5. The second-order valence-corrected chi connectivity index (χ2v) is 6.21. The molecular weight excluding hydrogens is 334 g/mol. The fourth-order valence-electron chi connectivity index (χ4n) is 3.21. The summed E-state index contributed by atoms with van der Waals surface area (Å²) in [5.74, 6) is 1.55. The molecule has 0 radical (unpaired) electrons. The van der Waals surface area contributed by atoms with E-state index in [0.717, 1.165) is 23.0 Å². The van der Waals surface area contributed by atoms with Gasteiger partial charge in [0.1, 0.15) is 17.2 Å². The van der Waals surface area contributed by atoms with Crippen molar-refractivity contribution in [2.24, 2.45) is 0 Å². The van der Waals surface area contributed by atoms with Crippen molar-refractivity contribution in [1.29, 1.82) is 0 Å². The van der Waals surface area contributed by atoms with Gasteiger partial charge in [-0.1, -0.05) is 24.3 Å². The van der Waals surface area contributed by atoms with Crippen LogP contribution in [0.4, 0.5) is 11.6 Å². The van der Waals surface area contributed by atoms with Crippen molar-refractivity contribution in [2.45, 2.75) is 12.5 Å². The van der Waals surface area contributed by atoms with E-state index in [2.05, 4.69) is 31.8 Å². The molecule has 0 unspecified atom stereocenters. The van der Waals surface area contributed by atoms with Gasteiger partial charge in [-0.3, -0.25) is 14.9 Å². The number of rotatable bonds is 5. The molecule has 0 atom stereocenters. The highest BCUT2D eigenvalue weighted by atomic mass is 15.3. The topological polar surface area (TPSA) is 54.8 Å². The van der Waals surface area contributed by atoms with E-state index in [1.165, 1.54) is 0 Å². The van der Waals surface area contributed by atoms with Gasteiger partial charge in [0, 0.05) is 24.8 Å². The lowest BCUT2D eigenvalue weighted by Gasteiger charge is -2.40. The summed E-state index contributed by atoms with van der Waals surface area (Å²) in [6.45, 7) is 2.10. The normalized spacial score (nSPS) is 11.1. The summed E-state index contributed by atoms with van der Waals surface area (Å²) < 4.78 is 0. The molecule has 132 valence electrons. The predicted octanol–water partition coefficient (Wildman–Crippen LogP) is 4.37. The van der Waals surface area contributed by atoms with Crippen molar-refractivity contribution < 1.29 is 0 Å². The van der Waals surface area contributed by atoms with E-state index in [1.54, 1.807) is 24.8 Å². The van der Waals surface area contributed by atoms with E-state index < -0.39 is 5.54 Å². The smallest absolute Gasteiger partial charge is 0.135 e. The average molecular weight is 353 g/mol. The van der Waals surface area contributed by atoms with Gasteiger partial charge in [-0.2, -0.15) is 0 Å². The van der Waals surface area contributed by atoms with Crippen molar-refractivity contribution in [3.8, 4) is 0 Å². The molecule has 4 rings (SSSR count). The Bertz CT molecular complexity index is 897. The summed E-state index contributed by atoms with van der Waals surface area (Å²) in [6, 6.07) is 23.5. The zero-order chi connectivity index (χ0) is 18.5. The average Bonchev–Trinajstić information content (AvgIpc) is 2.76. The molecular formula is C22H19N5. The van der Waals surface area contributed by atoms with Crippen molar-refractivity contribution in [1.82, 2.24) is 19.9 Å². The first-order valence-electron chi connectivity index (χ1n) is 8.75. The van der Waals surface area contributed by atoms with Crippen LogP contribution in [-0.4, -0.2) is 19.9 Å². The van der Waals surface area contributed by atoms with Crippen molar-refractivity contribution in [3.05, 3.63) is 109 Å². The van der Waals surface area contributed by atoms with E-state index in [-0.39, 0.29) is 0 Å². The maximum atomic E-state index is 4.66. The van der Waals surface area contributed by atoms with Gasteiger partial charge in [-0.05, 0) is 55.5 Å². The highest BCUT2D eigenvalue weighted by Gasteiger charge is 2.40. The molecule has 0 N–H and O–H groups in total. The largest absolute Gasteiger partial charge is 0.294 e. The first kappa shape index (κ1) is 16.8. The Hall–Kier alpha value is -3.60. The highest BCUT2D eigenvalue weighted by molar-refractivity contribution is 5.62. The summed E-state index contributed by atoms with van der Waals surface area (Å²) in [6.07, 6.45) is 7.15. The minimum absolute atomic E-state index is 0.703. The van der Waals surface area contributed by atoms with Crippen LogP contribution in [0, 0.1) is 0 Å². The third kappa shape index (κ3) is 3.15. The summed E-state index contributed by atoms with van der Waals surface area (Å²) >= 11 is 0. The second kappa shape index (κ2) is 7.33. The molecule has 0 aliphatic rings. The summed E-state index contributed by atoms with van der Waals surface area (Å²) in [5.41, 5.74) is 1.02. The lowest BCUT2D eigenvalue weighted by atomic mass is 9.89. The van der Waals surface area contributed by atoms with Crippen molar-refractivity contribution in [3.63, 3.8) is 0 Å². The van der Waals surface area contributed by atoms with E-state index in [0.29, 0.717) is 0 Å². The van der Waals surface area contributed by atoms with Gasteiger partial charge in [0.25, 0.3) is 0 Å². The number of aromatic nitrogens is 4. The molecule has 0 bridgehead atoms. The van der Waals surface area contributed by atoms with Gasteiger partial charge in [0.2, 0.25) is 0 Å². The Kier molecular flexibility index (Phi) is 4.58. The van der Waals surface area contributed by atoms with Gasteiger partial charge in [0.05, 0.1) is 11.4 Å². The molecule has 4 heterocycles. The zero-order valence-electron chi connectivity index (χ0n) is 15.0. The van der Waals surface area contributed by atoms with Crippen LogP contribution in [0.5, 0.6) is 0 Å². The first-order valence-corrected chi connectivity index (χ1v) is 8.75. The number of anilines is 2. The lowest BCUT2D eigenvalue weighted by molar-refractivity contribution is 0.535. The minimum atomic E-state index is -0.703. The van der Waals surface area contributed by atoms with Crippen LogP contribution in [0.15, 0.2) is 97.6 Å². The molecule has 4 aromatic rings. The van der Waals surface area contributed by atoms with Gasteiger partial charge >= 0.3 is 0 Å². The molecule has 5 heteroatoms. The lowest BCUT2D eigenvalue weighted by Crippen LogP contribution is -2.44. The SMILES string of the molecule is CC(c1ccccn1)(c1ccccn1)N(c1ccccn1)c1ccccn1. The third-order valence-corrected chi connectivity index (χ3v) is 4.53. The summed E-state index contributed by atoms with van der Waals surface area (Å²) in [4.78, 5) is 20.6. The molecule has 0 saturated carbocycles. The van der Waals surface area contributed by atoms with E-state index >= 15 is 0 Å². The fourth-order valence-corrected chi connectivity index (χ4v) is 3.21. The third-order valence-electron chi connectivity index (χ3n) is 4.53. The van der Waals surface area contributed by atoms with E-state index in [4.69, 9.17) is 0 Å². The van der Waals surface area contributed by atoms with E-state index in [1.807, 2.05) is 72.8 Å². The van der Waals surface area contributed by atoms with Gasteiger partial charge in [-0.15, -0.1) is 0 Å². The van der Waals surface area contributed by atoms with Crippen LogP contribution in [0.25, 0.3) is 0 Å². The Morgan fingerprint density at radius 1 is 0.556 bits per heavy atom. The Morgan fingerprint density at radius 2 is 0.963 bits per heavy atom. The Labute approximate surface area is 158 Å².